The average Bonchev–Trinajstić information content (AvgIpc) is 2.48. The second kappa shape index (κ2) is 12.9. The standard InChI is InChI=1S/C17H37NO6S3.BrH/c1-5-6-7-8-9-10-11-12-13-14-15-16(25(2,19)20)17(18,26(3,21)22)27(4,23)24;/h16H,5-15,18H2,1-4H3;1H. The highest BCUT2D eigenvalue weighted by atomic mass is 79.9. The maximum Gasteiger partial charge on any atom is 0.237 e. The van der Waals surface area contributed by atoms with Crippen LogP contribution in [0.15, 0.2) is 0 Å². The number of hydrogen-bond donors (Lipinski definition) is 1. The molecule has 11 heteroatoms. The van der Waals surface area contributed by atoms with E-state index in [0.29, 0.717) is 25.4 Å². The van der Waals surface area contributed by atoms with Gasteiger partial charge in [-0.15, -0.1) is 17.0 Å². The fraction of sp³-hybridized carbons (Fsp3) is 1.00. The number of halogens is 1. The summed E-state index contributed by atoms with van der Waals surface area (Å²) in [4.78, 5) is 0. The van der Waals surface area contributed by atoms with Crippen molar-refractivity contribution < 1.29 is 25.3 Å². The van der Waals surface area contributed by atoms with Gasteiger partial charge in [-0.2, -0.15) is 0 Å². The van der Waals surface area contributed by atoms with E-state index in [0.717, 1.165) is 25.5 Å². The maximum absolute atomic E-state index is 12.2. The van der Waals surface area contributed by atoms with Gasteiger partial charge in [0.15, 0.2) is 29.5 Å². The van der Waals surface area contributed by atoms with Gasteiger partial charge in [-0.05, 0) is 6.42 Å². The van der Waals surface area contributed by atoms with Crippen LogP contribution in [0.2, 0.25) is 0 Å². The van der Waals surface area contributed by atoms with E-state index < -0.39 is 39.0 Å². The summed E-state index contributed by atoms with van der Waals surface area (Å²) in [5.74, 6) is 0. The first kappa shape index (κ1) is 30.5. The van der Waals surface area contributed by atoms with Crippen LogP contribution in [0.3, 0.4) is 0 Å². The minimum absolute atomic E-state index is 0. The van der Waals surface area contributed by atoms with Crippen LogP contribution in [0.4, 0.5) is 0 Å². The Balaban J connectivity index is 0. The van der Waals surface area contributed by atoms with Crippen LogP contribution in [0.25, 0.3) is 0 Å². The Morgan fingerprint density at radius 2 is 1.00 bits per heavy atom. The van der Waals surface area contributed by atoms with E-state index in [1.165, 1.54) is 32.1 Å². The minimum atomic E-state index is -4.36. The van der Waals surface area contributed by atoms with Crippen molar-refractivity contribution in [3.63, 3.8) is 0 Å². The molecular weight excluding hydrogens is 490 g/mol. The topological polar surface area (TPSA) is 128 Å². The highest BCUT2D eigenvalue weighted by Gasteiger charge is 2.56. The molecule has 0 amide bonds. The Kier molecular flexibility index (Phi) is 14.0. The normalized spacial score (nSPS) is 14.5. The largest absolute Gasteiger partial charge is 0.299 e. The first-order valence-corrected chi connectivity index (χ1v) is 15.3. The first-order valence-electron chi connectivity index (χ1n) is 9.56. The van der Waals surface area contributed by atoms with E-state index in [9.17, 15) is 25.3 Å². The van der Waals surface area contributed by atoms with Crippen LogP contribution in [0.1, 0.15) is 77.6 Å². The molecule has 1 atom stereocenters. The molecule has 0 fully saturated rings. The van der Waals surface area contributed by atoms with Gasteiger partial charge in [0.05, 0.1) is 0 Å². The van der Waals surface area contributed by atoms with Gasteiger partial charge in [0.2, 0.25) is 4.20 Å². The average molecular weight is 529 g/mol. The molecule has 0 saturated heterocycles. The van der Waals surface area contributed by atoms with Crippen LogP contribution in [-0.2, 0) is 29.5 Å². The molecule has 7 nitrogen and oxygen atoms in total. The molecule has 2 N–H and O–H groups in total. The minimum Gasteiger partial charge on any atom is -0.299 e. The van der Waals surface area contributed by atoms with Crippen molar-refractivity contribution in [1.29, 1.82) is 0 Å². The Morgan fingerprint density at radius 1 is 0.679 bits per heavy atom. The molecule has 0 aromatic heterocycles. The molecule has 1 unspecified atom stereocenters. The molecular formula is C17H38BrNO6S3. The van der Waals surface area contributed by atoms with E-state index >= 15 is 0 Å². The summed E-state index contributed by atoms with van der Waals surface area (Å²) in [6.45, 7) is 2.17. The quantitative estimate of drug-likeness (QED) is 0.324. The third-order valence-electron chi connectivity index (χ3n) is 4.94. The Hall–Kier alpha value is 0.290. The summed E-state index contributed by atoms with van der Waals surface area (Å²) >= 11 is 0. The van der Waals surface area contributed by atoms with Crippen molar-refractivity contribution in [3.8, 4) is 0 Å². The van der Waals surface area contributed by atoms with E-state index in [1.54, 1.807) is 0 Å². The highest BCUT2D eigenvalue weighted by Crippen LogP contribution is 2.30. The maximum atomic E-state index is 12.2. The lowest BCUT2D eigenvalue weighted by molar-refractivity contribution is 0.493. The highest BCUT2D eigenvalue weighted by molar-refractivity contribution is 8.93. The van der Waals surface area contributed by atoms with E-state index in [2.05, 4.69) is 6.92 Å². The molecule has 0 bridgehead atoms. The predicted octanol–water partition coefficient (Wildman–Crippen LogP) is 2.99. The molecule has 0 heterocycles. The number of hydrogen-bond acceptors (Lipinski definition) is 7. The van der Waals surface area contributed by atoms with Crippen LogP contribution in [0, 0.1) is 0 Å². The van der Waals surface area contributed by atoms with Crippen molar-refractivity contribution in [2.45, 2.75) is 87.0 Å². The zero-order valence-corrected chi connectivity index (χ0v) is 21.7. The molecule has 0 aliphatic carbocycles. The van der Waals surface area contributed by atoms with Crippen molar-refractivity contribution in [1.82, 2.24) is 0 Å². The molecule has 0 aromatic rings. The Morgan fingerprint density at radius 3 is 1.29 bits per heavy atom. The van der Waals surface area contributed by atoms with Crippen LogP contribution >= 0.6 is 17.0 Å². The van der Waals surface area contributed by atoms with Crippen molar-refractivity contribution in [3.05, 3.63) is 0 Å². The monoisotopic (exact) mass is 527 g/mol. The third-order valence-corrected chi connectivity index (χ3v) is 11.6. The zero-order valence-electron chi connectivity index (χ0n) is 17.5. The van der Waals surface area contributed by atoms with Crippen LogP contribution < -0.4 is 5.73 Å². The fourth-order valence-electron chi connectivity index (χ4n) is 3.28. The number of nitrogens with two attached hydrogens (primary N) is 1. The lowest BCUT2D eigenvalue weighted by Crippen LogP contribution is -2.63. The number of rotatable bonds is 15. The van der Waals surface area contributed by atoms with Crippen molar-refractivity contribution in [2.75, 3.05) is 18.8 Å². The second-order valence-electron chi connectivity index (χ2n) is 7.55. The molecule has 0 aromatic carbocycles. The lowest BCUT2D eigenvalue weighted by atomic mass is 10.1. The molecule has 0 rings (SSSR count). The van der Waals surface area contributed by atoms with Gasteiger partial charge in [-0.3, -0.25) is 5.73 Å². The second-order valence-corrected chi connectivity index (χ2v) is 14.5. The van der Waals surface area contributed by atoms with Crippen LogP contribution in [0.5, 0.6) is 0 Å². The number of unbranched alkanes of at least 4 members (excludes halogenated alkanes) is 9. The van der Waals surface area contributed by atoms with E-state index in [4.69, 9.17) is 5.73 Å². The van der Waals surface area contributed by atoms with E-state index in [-0.39, 0.29) is 23.4 Å². The fourth-order valence-corrected chi connectivity index (χ4v) is 9.96. The molecule has 0 aliphatic rings. The summed E-state index contributed by atoms with van der Waals surface area (Å²) in [7, 11) is -12.7. The first-order chi connectivity index (χ1) is 12.2. The number of sulfone groups is 3. The molecule has 172 valence electrons. The third kappa shape index (κ3) is 9.40. The Bertz CT molecular complexity index is 716. The van der Waals surface area contributed by atoms with Crippen molar-refractivity contribution >= 4 is 46.5 Å². The van der Waals surface area contributed by atoms with Gasteiger partial charge in [0.25, 0.3) is 0 Å². The molecule has 28 heavy (non-hydrogen) atoms. The van der Waals surface area contributed by atoms with E-state index in [1.807, 2.05) is 0 Å². The summed E-state index contributed by atoms with van der Waals surface area (Å²) in [6.07, 6.45) is 12.4. The summed E-state index contributed by atoms with van der Waals surface area (Å²) in [5.41, 5.74) is 5.75. The molecule has 0 radical (unpaired) electrons. The van der Waals surface area contributed by atoms with Gasteiger partial charge in [0, 0.05) is 18.8 Å². The van der Waals surface area contributed by atoms with Gasteiger partial charge in [0.1, 0.15) is 5.25 Å². The summed E-state index contributed by atoms with van der Waals surface area (Å²) in [5, 5.41) is -1.68. The van der Waals surface area contributed by atoms with Crippen LogP contribution in [-0.4, -0.2) is 53.5 Å². The van der Waals surface area contributed by atoms with Gasteiger partial charge < -0.3 is 0 Å². The lowest BCUT2D eigenvalue weighted by Gasteiger charge is -2.32. The van der Waals surface area contributed by atoms with Gasteiger partial charge >= 0.3 is 0 Å². The van der Waals surface area contributed by atoms with Crippen molar-refractivity contribution in [2.24, 2.45) is 5.73 Å². The van der Waals surface area contributed by atoms with Gasteiger partial charge in [-0.25, -0.2) is 25.3 Å². The summed E-state index contributed by atoms with van der Waals surface area (Å²) in [6, 6.07) is 0. The SMILES string of the molecule is Br.CCCCCCCCCCCCC(C(N)(S(C)(=O)=O)S(C)(=O)=O)S(C)(=O)=O. The molecule has 0 saturated carbocycles. The van der Waals surface area contributed by atoms with Gasteiger partial charge in [-0.1, -0.05) is 71.1 Å². The predicted molar refractivity (Wildman–Crippen MR) is 122 cm³/mol. The Labute approximate surface area is 182 Å². The molecule has 0 aliphatic heterocycles. The summed E-state index contributed by atoms with van der Waals surface area (Å²) < 4.78 is 69.9. The molecule has 0 spiro atoms. The smallest absolute Gasteiger partial charge is 0.237 e. The zero-order chi connectivity index (χ0) is 21.4.